The Morgan fingerprint density at radius 2 is 2.57 bits per heavy atom. The molecule has 0 saturated carbocycles. The second-order valence-electron chi connectivity index (χ2n) is 3.62. The molecule has 2 aliphatic heterocycles. The van der Waals surface area contributed by atoms with Gasteiger partial charge in [-0.2, -0.15) is 0 Å². The number of nitrogens with zero attached hydrogens (tertiary/aromatic N) is 2. The van der Waals surface area contributed by atoms with E-state index in [-0.39, 0.29) is 0 Å². The van der Waals surface area contributed by atoms with Gasteiger partial charge in [0.2, 0.25) is 0 Å². The summed E-state index contributed by atoms with van der Waals surface area (Å²) in [6, 6.07) is 0.343. The summed E-state index contributed by atoms with van der Waals surface area (Å²) in [7, 11) is 0. The standard InChI is InChI=1S/C10H11N3O/c1-7-12-10-5-13(7)3-2-9(10)8-4-11-14-6-8/h2,4,6,10,12H,1,3,5H2. The van der Waals surface area contributed by atoms with Gasteiger partial charge in [0.1, 0.15) is 6.26 Å². The molecule has 0 spiro atoms. The van der Waals surface area contributed by atoms with Gasteiger partial charge in [0.25, 0.3) is 0 Å². The van der Waals surface area contributed by atoms with E-state index in [2.05, 4.69) is 28.0 Å². The van der Waals surface area contributed by atoms with E-state index in [0.717, 1.165) is 24.5 Å². The molecule has 1 aromatic rings. The van der Waals surface area contributed by atoms with Crippen molar-refractivity contribution in [2.24, 2.45) is 0 Å². The monoisotopic (exact) mass is 189 g/mol. The van der Waals surface area contributed by atoms with Crippen LogP contribution in [0.5, 0.6) is 0 Å². The third kappa shape index (κ3) is 0.968. The predicted octanol–water partition coefficient (Wildman–Crippen LogP) is 0.817. The van der Waals surface area contributed by atoms with Crippen LogP contribution in [0.4, 0.5) is 0 Å². The highest BCUT2D eigenvalue weighted by Gasteiger charge is 2.31. The van der Waals surface area contributed by atoms with Crippen molar-refractivity contribution >= 4 is 5.57 Å². The molecule has 1 unspecified atom stereocenters. The van der Waals surface area contributed by atoms with E-state index in [9.17, 15) is 0 Å². The Labute approximate surface area is 81.9 Å². The first-order valence-corrected chi connectivity index (χ1v) is 4.65. The van der Waals surface area contributed by atoms with Gasteiger partial charge in [-0.1, -0.05) is 17.8 Å². The van der Waals surface area contributed by atoms with Crippen LogP contribution in [0.3, 0.4) is 0 Å². The molecule has 1 atom stereocenters. The van der Waals surface area contributed by atoms with E-state index in [0.29, 0.717) is 6.04 Å². The number of hydrogen-bond donors (Lipinski definition) is 1. The number of aromatic nitrogens is 1. The first-order chi connectivity index (χ1) is 6.84. The minimum absolute atomic E-state index is 0.343. The zero-order valence-corrected chi connectivity index (χ0v) is 7.73. The van der Waals surface area contributed by atoms with Gasteiger partial charge in [0.15, 0.2) is 0 Å². The fourth-order valence-electron chi connectivity index (χ4n) is 2.05. The maximum absolute atomic E-state index is 4.85. The highest BCUT2D eigenvalue weighted by Crippen LogP contribution is 2.28. The second kappa shape index (κ2) is 2.64. The molecule has 14 heavy (non-hydrogen) atoms. The van der Waals surface area contributed by atoms with Crippen molar-refractivity contribution in [3.63, 3.8) is 0 Å². The third-order valence-corrected chi connectivity index (χ3v) is 2.80. The van der Waals surface area contributed by atoms with E-state index in [1.807, 2.05) is 0 Å². The zero-order valence-electron chi connectivity index (χ0n) is 7.73. The van der Waals surface area contributed by atoms with Crippen LogP contribution in [0.1, 0.15) is 5.56 Å². The highest BCUT2D eigenvalue weighted by atomic mass is 16.5. The molecule has 4 heteroatoms. The van der Waals surface area contributed by atoms with E-state index >= 15 is 0 Å². The van der Waals surface area contributed by atoms with Crippen LogP contribution < -0.4 is 5.32 Å². The molecule has 3 rings (SSSR count). The normalized spacial score (nSPS) is 24.9. The molecule has 1 aromatic heterocycles. The van der Waals surface area contributed by atoms with Gasteiger partial charge in [0.05, 0.1) is 18.1 Å². The minimum Gasteiger partial charge on any atom is -0.364 e. The predicted molar refractivity (Wildman–Crippen MR) is 52.1 cm³/mol. The van der Waals surface area contributed by atoms with E-state index in [1.54, 1.807) is 12.5 Å². The number of rotatable bonds is 1. The molecular formula is C10H11N3O. The van der Waals surface area contributed by atoms with Crippen LogP contribution in [-0.2, 0) is 0 Å². The first kappa shape index (κ1) is 7.67. The molecule has 72 valence electrons. The molecule has 1 N–H and O–H groups in total. The maximum atomic E-state index is 4.85. The van der Waals surface area contributed by atoms with Crippen molar-refractivity contribution in [3.8, 4) is 0 Å². The summed E-state index contributed by atoms with van der Waals surface area (Å²) in [6.45, 7) is 5.87. The molecule has 0 aliphatic carbocycles. The number of nitrogens with one attached hydrogen (secondary N) is 1. The molecule has 4 nitrogen and oxygen atoms in total. The molecule has 0 aromatic carbocycles. The zero-order chi connectivity index (χ0) is 9.54. The highest BCUT2D eigenvalue weighted by molar-refractivity contribution is 5.70. The van der Waals surface area contributed by atoms with Crippen molar-refractivity contribution < 1.29 is 4.52 Å². The lowest BCUT2D eigenvalue weighted by molar-refractivity contribution is 0.418. The molecular weight excluding hydrogens is 178 g/mol. The molecule has 2 aliphatic rings. The smallest absolute Gasteiger partial charge is 0.131 e. The fraction of sp³-hybridized carbons (Fsp3) is 0.300. The van der Waals surface area contributed by atoms with Crippen molar-refractivity contribution in [1.29, 1.82) is 0 Å². The lowest BCUT2D eigenvalue weighted by Gasteiger charge is -2.21. The Morgan fingerprint density at radius 3 is 3.36 bits per heavy atom. The van der Waals surface area contributed by atoms with Gasteiger partial charge < -0.3 is 14.7 Å². The Balaban J connectivity index is 1.96. The largest absolute Gasteiger partial charge is 0.364 e. The van der Waals surface area contributed by atoms with Crippen molar-refractivity contribution in [2.45, 2.75) is 6.04 Å². The number of fused-ring (bicyclic) bond motifs is 2. The van der Waals surface area contributed by atoms with Crippen LogP contribution in [-0.4, -0.2) is 29.2 Å². The van der Waals surface area contributed by atoms with Gasteiger partial charge in [-0.25, -0.2) is 0 Å². The summed E-state index contributed by atoms with van der Waals surface area (Å²) >= 11 is 0. The summed E-state index contributed by atoms with van der Waals surface area (Å²) < 4.78 is 4.85. The summed E-state index contributed by atoms with van der Waals surface area (Å²) in [4.78, 5) is 2.22. The molecule has 2 bridgehead atoms. The van der Waals surface area contributed by atoms with Gasteiger partial charge in [0, 0.05) is 18.7 Å². The number of hydrogen-bond acceptors (Lipinski definition) is 4. The average molecular weight is 189 g/mol. The lowest BCUT2D eigenvalue weighted by Crippen LogP contribution is -2.28. The maximum Gasteiger partial charge on any atom is 0.131 e. The molecule has 0 radical (unpaired) electrons. The van der Waals surface area contributed by atoms with E-state index < -0.39 is 0 Å². The Hall–Kier alpha value is -1.71. The van der Waals surface area contributed by atoms with Crippen LogP contribution >= 0.6 is 0 Å². The van der Waals surface area contributed by atoms with E-state index in [1.165, 1.54) is 5.57 Å². The SMILES string of the molecule is C=C1NC2CN1CC=C2c1cnoc1. The average Bonchev–Trinajstić information content (AvgIpc) is 2.78. The molecule has 1 saturated heterocycles. The Bertz CT molecular complexity index is 394. The summed E-state index contributed by atoms with van der Waals surface area (Å²) in [5.74, 6) is 1.01. The van der Waals surface area contributed by atoms with Crippen LogP contribution in [0, 0.1) is 0 Å². The van der Waals surface area contributed by atoms with Gasteiger partial charge in [-0.15, -0.1) is 0 Å². The first-order valence-electron chi connectivity index (χ1n) is 4.65. The Kier molecular flexibility index (Phi) is 1.45. The van der Waals surface area contributed by atoms with Gasteiger partial charge >= 0.3 is 0 Å². The van der Waals surface area contributed by atoms with Crippen molar-refractivity contribution in [2.75, 3.05) is 13.1 Å². The molecule has 3 heterocycles. The summed E-state index contributed by atoms with van der Waals surface area (Å²) in [5.41, 5.74) is 2.33. The van der Waals surface area contributed by atoms with Crippen LogP contribution in [0.2, 0.25) is 0 Å². The minimum atomic E-state index is 0.343. The quantitative estimate of drug-likeness (QED) is 0.710. The summed E-state index contributed by atoms with van der Waals surface area (Å²) in [6.07, 6.45) is 5.64. The topological polar surface area (TPSA) is 41.3 Å². The summed E-state index contributed by atoms with van der Waals surface area (Å²) in [5, 5.41) is 7.07. The lowest BCUT2D eigenvalue weighted by atomic mass is 9.99. The van der Waals surface area contributed by atoms with Gasteiger partial charge in [-0.3, -0.25) is 0 Å². The Morgan fingerprint density at radius 1 is 1.64 bits per heavy atom. The van der Waals surface area contributed by atoms with E-state index in [4.69, 9.17) is 4.52 Å². The van der Waals surface area contributed by atoms with Crippen LogP contribution in [0.15, 0.2) is 35.5 Å². The van der Waals surface area contributed by atoms with Crippen molar-refractivity contribution in [1.82, 2.24) is 15.4 Å². The van der Waals surface area contributed by atoms with Crippen LogP contribution in [0.25, 0.3) is 5.57 Å². The molecule has 0 amide bonds. The van der Waals surface area contributed by atoms with Crippen molar-refractivity contribution in [3.05, 3.63) is 36.5 Å². The second-order valence-corrected chi connectivity index (χ2v) is 3.62. The van der Waals surface area contributed by atoms with Gasteiger partial charge in [-0.05, 0) is 5.57 Å². The molecule has 1 fully saturated rings. The third-order valence-electron chi connectivity index (χ3n) is 2.80. The fourth-order valence-corrected chi connectivity index (χ4v) is 2.05.